The molecule has 2 aromatic rings. The Balaban J connectivity index is 1.63. The largest absolute Gasteiger partial charge is 0.383 e. The number of ether oxygens (including phenoxy) is 1. The van der Waals surface area contributed by atoms with Crippen LogP contribution < -0.4 is 10.6 Å². The fourth-order valence-corrected chi connectivity index (χ4v) is 3.51. The van der Waals surface area contributed by atoms with E-state index in [0.717, 1.165) is 18.4 Å². The van der Waals surface area contributed by atoms with Crippen LogP contribution in [0.2, 0.25) is 5.02 Å². The van der Waals surface area contributed by atoms with Crippen molar-refractivity contribution in [3.63, 3.8) is 0 Å². The van der Waals surface area contributed by atoms with E-state index in [1.54, 1.807) is 19.2 Å². The molecule has 2 aliphatic carbocycles. The van der Waals surface area contributed by atoms with E-state index in [1.807, 2.05) is 12.1 Å². The van der Waals surface area contributed by atoms with E-state index in [9.17, 15) is 4.79 Å². The minimum absolute atomic E-state index is 0.0184. The number of methoxy groups -OCH3 is 1. The minimum atomic E-state index is -0.138. The maximum Gasteiger partial charge on any atom is 0.259 e. The van der Waals surface area contributed by atoms with Gasteiger partial charge in [-0.1, -0.05) is 16.8 Å². The normalized spacial score (nSPS) is 17.8. The van der Waals surface area contributed by atoms with E-state index >= 15 is 0 Å². The van der Waals surface area contributed by atoms with Crippen LogP contribution in [0.4, 0.5) is 5.82 Å². The number of hydrogen-bond acceptors (Lipinski definition) is 5. The van der Waals surface area contributed by atoms with E-state index < -0.39 is 0 Å². The fraction of sp³-hybridized carbons (Fsp3) is 0.474. The molecule has 26 heavy (non-hydrogen) atoms. The smallest absolute Gasteiger partial charge is 0.259 e. The lowest BCUT2D eigenvalue weighted by Crippen LogP contribution is -2.38. The van der Waals surface area contributed by atoms with Crippen molar-refractivity contribution in [1.82, 2.24) is 10.5 Å². The summed E-state index contributed by atoms with van der Waals surface area (Å²) in [7, 11) is 1.63. The molecule has 1 heterocycles. The van der Waals surface area contributed by atoms with Crippen molar-refractivity contribution in [3.8, 4) is 11.3 Å². The number of rotatable bonds is 8. The summed E-state index contributed by atoms with van der Waals surface area (Å²) in [5.74, 6) is 1.37. The van der Waals surface area contributed by atoms with Crippen molar-refractivity contribution in [3.05, 3.63) is 34.9 Å². The van der Waals surface area contributed by atoms with Crippen LogP contribution in [-0.2, 0) is 4.74 Å². The van der Waals surface area contributed by atoms with Crippen molar-refractivity contribution in [2.75, 3.05) is 25.6 Å². The lowest BCUT2D eigenvalue weighted by atomic mass is 10.1. The molecular formula is C19H22ClN3O3. The van der Waals surface area contributed by atoms with Crippen molar-refractivity contribution >= 4 is 23.3 Å². The first-order valence-electron chi connectivity index (χ1n) is 8.94. The molecule has 2 aliphatic rings. The van der Waals surface area contributed by atoms with Gasteiger partial charge in [0.2, 0.25) is 0 Å². The highest BCUT2D eigenvalue weighted by Crippen LogP contribution is 2.54. The van der Waals surface area contributed by atoms with Crippen molar-refractivity contribution in [2.45, 2.75) is 31.2 Å². The van der Waals surface area contributed by atoms with Crippen LogP contribution in [0.15, 0.2) is 28.8 Å². The molecule has 2 fully saturated rings. The molecule has 0 radical (unpaired) electrons. The molecule has 0 saturated heterocycles. The maximum atomic E-state index is 13.1. The van der Waals surface area contributed by atoms with Crippen LogP contribution in [0.1, 0.15) is 36.0 Å². The molecule has 4 rings (SSSR count). The SMILES string of the molecule is COCCNc1noc(-c2ccc(Cl)cc2)c1C(=O)NC1(C2CC2)CC1. The fourth-order valence-electron chi connectivity index (χ4n) is 3.39. The quantitative estimate of drug-likeness (QED) is 0.687. The van der Waals surface area contributed by atoms with Crippen molar-refractivity contribution < 1.29 is 14.1 Å². The lowest BCUT2D eigenvalue weighted by molar-refractivity contribution is 0.0926. The van der Waals surface area contributed by atoms with E-state index in [-0.39, 0.29) is 11.4 Å². The van der Waals surface area contributed by atoms with Crippen LogP contribution in [0, 0.1) is 5.92 Å². The number of nitrogens with one attached hydrogen (secondary N) is 2. The van der Waals surface area contributed by atoms with Crippen LogP contribution in [-0.4, -0.2) is 36.9 Å². The second kappa shape index (κ2) is 6.93. The van der Waals surface area contributed by atoms with Gasteiger partial charge in [-0.3, -0.25) is 4.79 Å². The zero-order valence-electron chi connectivity index (χ0n) is 14.7. The summed E-state index contributed by atoms with van der Waals surface area (Å²) in [6, 6.07) is 7.19. The average molecular weight is 376 g/mol. The highest BCUT2D eigenvalue weighted by molar-refractivity contribution is 6.30. The molecule has 1 aromatic carbocycles. The molecule has 0 aliphatic heterocycles. The molecular weight excluding hydrogens is 354 g/mol. The second-order valence-corrected chi connectivity index (χ2v) is 7.48. The Morgan fingerprint density at radius 2 is 2.08 bits per heavy atom. The summed E-state index contributed by atoms with van der Waals surface area (Å²) in [6.07, 6.45) is 4.51. The van der Waals surface area contributed by atoms with Gasteiger partial charge in [0.1, 0.15) is 5.56 Å². The third kappa shape index (κ3) is 3.44. The van der Waals surface area contributed by atoms with Gasteiger partial charge in [0.15, 0.2) is 11.6 Å². The first-order valence-corrected chi connectivity index (χ1v) is 9.32. The molecule has 0 bridgehead atoms. The van der Waals surface area contributed by atoms with Crippen molar-refractivity contribution in [2.24, 2.45) is 5.92 Å². The molecule has 2 N–H and O–H groups in total. The zero-order chi connectivity index (χ0) is 18.1. The van der Waals surface area contributed by atoms with E-state index in [1.165, 1.54) is 12.8 Å². The Morgan fingerprint density at radius 1 is 1.35 bits per heavy atom. The summed E-state index contributed by atoms with van der Waals surface area (Å²) < 4.78 is 10.6. The van der Waals surface area contributed by atoms with Gasteiger partial charge in [-0.15, -0.1) is 0 Å². The first kappa shape index (κ1) is 17.4. The van der Waals surface area contributed by atoms with E-state index in [2.05, 4.69) is 15.8 Å². The van der Waals surface area contributed by atoms with Crippen LogP contribution >= 0.6 is 11.6 Å². The summed E-state index contributed by atoms with van der Waals surface area (Å²) in [6.45, 7) is 1.05. The third-order valence-electron chi connectivity index (χ3n) is 5.13. The maximum absolute atomic E-state index is 13.1. The van der Waals surface area contributed by atoms with Gasteiger partial charge in [-0.25, -0.2) is 0 Å². The molecule has 138 valence electrons. The van der Waals surface area contributed by atoms with Gasteiger partial charge >= 0.3 is 0 Å². The molecule has 7 heteroatoms. The highest BCUT2D eigenvalue weighted by atomic mass is 35.5. The number of amides is 1. The number of anilines is 1. The summed E-state index contributed by atoms with van der Waals surface area (Å²) in [5.41, 5.74) is 1.19. The number of benzene rings is 1. The van der Waals surface area contributed by atoms with Gasteiger partial charge in [0.05, 0.1) is 6.61 Å². The van der Waals surface area contributed by atoms with Crippen LogP contribution in [0.3, 0.4) is 0 Å². The molecule has 2 saturated carbocycles. The first-order chi connectivity index (χ1) is 12.6. The van der Waals surface area contributed by atoms with Crippen molar-refractivity contribution in [1.29, 1.82) is 0 Å². The Bertz CT molecular complexity index is 795. The standard InChI is InChI=1S/C19H22ClN3O3/c1-25-11-10-21-17-15(18(24)22-19(8-9-19)13-4-5-13)16(26-23-17)12-2-6-14(20)7-3-12/h2-3,6-7,13H,4-5,8-11H2,1H3,(H,21,23)(H,22,24). The van der Waals surface area contributed by atoms with Gasteiger partial charge < -0.3 is 19.9 Å². The number of hydrogen-bond donors (Lipinski definition) is 2. The molecule has 0 atom stereocenters. The average Bonchev–Trinajstić information content (AvgIpc) is 3.54. The molecule has 1 aromatic heterocycles. The third-order valence-corrected chi connectivity index (χ3v) is 5.39. The zero-order valence-corrected chi connectivity index (χ0v) is 15.4. The predicted octanol–water partition coefficient (Wildman–Crippen LogP) is 3.73. The summed E-state index contributed by atoms with van der Waals surface area (Å²) >= 11 is 5.98. The van der Waals surface area contributed by atoms with E-state index in [0.29, 0.717) is 41.2 Å². The number of carbonyl (C=O) groups is 1. The number of nitrogens with zero attached hydrogens (tertiary/aromatic N) is 1. The monoisotopic (exact) mass is 375 g/mol. The molecule has 1 amide bonds. The van der Waals surface area contributed by atoms with Crippen LogP contribution in [0.25, 0.3) is 11.3 Å². The number of aromatic nitrogens is 1. The number of halogens is 1. The van der Waals surface area contributed by atoms with Gasteiger partial charge in [0.25, 0.3) is 5.91 Å². The summed E-state index contributed by atoms with van der Waals surface area (Å²) in [4.78, 5) is 13.1. The predicted molar refractivity (Wildman–Crippen MR) is 99.5 cm³/mol. The highest BCUT2D eigenvalue weighted by Gasteiger charge is 2.55. The Kier molecular flexibility index (Phi) is 4.63. The Labute approximate surface area is 157 Å². The molecule has 0 unspecified atom stereocenters. The van der Waals surface area contributed by atoms with Gasteiger partial charge in [-0.2, -0.15) is 0 Å². The molecule has 0 spiro atoms. The molecule has 6 nitrogen and oxygen atoms in total. The second-order valence-electron chi connectivity index (χ2n) is 7.05. The Morgan fingerprint density at radius 3 is 2.69 bits per heavy atom. The summed E-state index contributed by atoms with van der Waals surface area (Å²) in [5, 5.41) is 11.1. The number of carbonyl (C=O) groups excluding carboxylic acids is 1. The lowest BCUT2D eigenvalue weighted by Gasteiger charge is -2.17. The van der Waals surface area contributed by atoms with E-state index in [4.69, 9.17) is 20.9 Å². The van der Waals surface area contributed by atoms with Gasteiger partial charge in [-0.05, 0) is 55.9 Å². The van der Waals surface area contributed by atoms with Crippen LogP contribution in [0.5, 0.6) is 0 Å². The van der Waals surface area contributed by atoms with Gasteiger partial charge in [0, 0.05) is 29.8 Å². The Hall–Kier alpha value is -2.05. The topological polar surface area (TPSA) is 76.4 Å². The minimum Gasteiger partial charge on any atom is -0.383 e.